The molecule has 122 valence electrons. The van der Waals surface area contributed by atoms with Gasteiger partial charge in [-0.1, -0.05) is 10.2 Å². The van der Waals surface area contributed by atoms with Crippen LogP contribution < -0.4 is 15.4 Å². The number of anilines is 2. The number of rotatable bonds is 5. The first-order valence-electron chi connectivity index (χ1n) is 6.45. The van der Waals surface area contributed by atoms with Crippen LogP contribution in [-0.4, -0.2) is 60.2 Å². The number of hydrogen-bond acceptors (Lipinski definition) is 9. The Morgan fingerprint density at radius 3 is 1.79 bits per heavy atom. The third-order valence-electron chi connectivity index (χ3n) is 2.82. The van der Waals surface area contributed by atoms with Crippen LogP contribution in [0.25, 0.3) is 0 Å². The lowest BCUT2D eigenvalue weighted by Crippen LogP contribution is -2.17. The minimum Gasteiger partial charge on any atom is -0.497 e. The number of aromatic amines is 2. The van der Waals surface area contributed by atoms with Crippen molar-refractivity contribution in [1.29, 1.82) is 0 Å². The molecule has 2 amide bonds. The Morgan fingerprint density at radius 1 is 0.917 bits per heavy atom. The van der Waals surface area contributed by atoms with E-state index >= 15 is 0 Å². The lowest BCUT2D eigenvalue weighted by atomic mass is 10.1. The van der Waals surface area contributed by atoms with Crippen LogP contribution in [0.2, 0.25) is 0 Å². The second kappa shape index (κ2) is 6.47. The molecule has 0 fully saturated rings. The highest BCUT2D eigenvalue weighted by Gasteiger charge is 2.15. The molecule has 1 aromatic carbocycles. The third-order valence-corrected chi connectivity index (χ3v) is 2.82. The maximum absolute atomic E-state index is 12.2. The maximum atomic E-state index is 12.2. The van der Waals surface area contributed by atoms with Gasteiger partial charge in [-0.3, -0.25) is 20.2 Å². The molecule has 24 heavy (non-hydrogen) atoms. The van der Waals surface area contributed by atoms with Crippen molar-refractivity contribution >= 4 is 23.7 Å². The molecule has 13 nitrogen and oxygen atoms in total. The molecule has 2 heterocycles. The predicted octanol–water partition coefficient (Wildman–Crippen LogP) is -0.774. The standard InChI is InChI=1S/C11H10N10O3/c1-24-7-3-5(8(22)12-10-14-18-19-15-10)2-6(4-7)9(23)13-11-16-20-21-17-11/h2-4H,1H3,(H2,12,14,15,18,19,22)(H2,13,16,17,20,21,23). The predicted molar refractivity (Wildman–Crippen MR) is 77.3 cm³/mol. The van der Waals surface area contributed by atoms with E-state index in [0.717, 1.165) is 0 Å². The van der Waals surface area contributed by atoms with Gasteiger partial charge >= 0.3 is 0 Å². The van der Waals surface area contributed by atoms with Gasteiger partial charge in [-0.05, 0) is 39.1 Å². The number of carbonyl (C=O) groups is 2. The highest BCUT2D eigenvalue weighted by Crippen LogP contribution is 2.18. The fourth-order valence-corrected chi connectivity index (χ4v) is 1.76. The van der Waals surface area contributed by atoms with Crippen molar-refractivity contribution in [2.75, 3.05) is 17.7 Å². The summed E-state index contributed by atoms with van der Waals surface area (Å²) in [6.07, 6.45) is 0. The monoisotopic (exact) mass is 330 g/mol. The number of H-pyrrole nitrogens is 2. The number of methoxy groups -OCH3 is 1. The summed E-state index contributed by atoms with van der Waals surface area (Å²) in [7, 11) is 1.42. The maximum Gasteiger partial charge on any atom is 0.258 e. The SMILES string of the molecule is COc1cc(C(=O)Nc2nnn[nH]2)cc(C(=O)Nc2nnn[nH]2)c1. The molecule has 0 aliphatic rings. The number of ether oxygens (including phenoxy) is 1. The number of hydrogen-bond donors (Lipinski definition) is 4. The zero-order chi connectivity index (χ0) is 16.9. The van der Waals surface area contributed by atoms with Gasteiger partial charge in [0.25, 0.3) is 11.8 Å². The first-order valence-corrected chi connectivity index (χ1v) is 6.45. The topological polar surface area (TPSA) is 176 Å². The molecule has 0 unspecified atom stereocenters. The summed E-state index contributed by atoms with van der Waals surface area (Å²) in [6.45, 7) is 0. The molecular formula is C11H10N10O3. The number of benzene rings is 1. The smallest absolute Gasteiger partial charge is 0.258 e. The van der Waals surface area contributed by atoms with Crippen molar-refractivity contribution in [3.63, 3.8) is 0 Å². The van der Waals surface area contributed by atoms with Gasteiger partial charge in [0.1, 0.15) is 5.75 Å². The van der Waals surface area contributed by atoms with E-state index in [0.29, 0.717) is 5.75 Å². The summed E-state index contributed by atoms with van der Waals surface area (Å²) in [4.78, 5) is 24.4. The van der Waals surface area contributed by atoms with E-state index in [1.54, 1.807) is 0 Å². The van der Waals surface area contributed by atoms with Crippen LogP contribution in [0, 0.1) is 0 Å². The van der Waals surface area contributed by atoms with Crippen LogP contribution in [0.5, 0.6) is 5.75 Å². The molecule has 0 atom stereocenters. The van der Waals surface area contributed by atoms with Gasteiger partial charge in [0.15, 0.2) is 0 Å². The fraction of sp³-hybridized carbons (Fsp3) is 0.0909. The summed E-state index contributed by atoms with van der Waals surface area (Å²) in [5, 5.41) is 30.1. The minimum absolute atomic E-state index is 0.0709. The number of carbonyl (C=O) groups excluding carboxylic acids is 2. The number of amides is 2. The molecule has 0 saturated heterocycles. The molecule has 0 bridgehead atoms. The number of nitrogens with one attached hydrogen (secondary N) is 4. The summed E-state index contributed by atoms with van der Waals surface area (Å²) >= 11 is 0. The van der Waals surface area contributed by atoms with Crippen LogP contribution in [0.1, 0.15) is 20.7 Å². The molecule has 3 rings (SSSR count). The van der Waals surface area contributed by atoms with Crippen molar-refractivity contribution in [2.24, 2.45) is 0 Å². The zero-order valence-electron chi connectivity index (χ0n) is 12.1. The first-order chi connectivity index (χ1) is 11.7. The van der Waals surface area contributed by atoms with Crippen molar-refractivity contribution in [1.82, 2.24) is 41.2 Å². The molecule has 4 N–H and O–H groups in total. The van der Waals surface area contributed by atoms with Crippen molar-refractivity contribution < 1.29 is 14.3 Å². The van der Waals surface area contributed by atoms with Crippen LogP contribution in [0.3, 0.4) is 0 Å². The lowest BCUT2D eigenvalue weighted by molar-refractivity contribution is 0.102. The van der Waals surface area contributed by atoms with Gasteiger partial charge in [-0.25, -0.2) is 10.2 Å². The Morgan fingerprint density at radius 2 is 1.42 bits per heavy atom. The summed E-state index contributed by atoms with van der Waals surface area (Å²) in [6, 6.07) is 4.30. The molecule has 2 aromatic heterocycles. The van der Waals surface area contributed by atoms with Gasteiger partial charge < -0.3 is 4.74 Å². The fourth-order valence-electron chi connectivity index (χ4n) is 1.76. The van der Waals surface area contributed by atoms with E-state index in [2.05, 4.69) is 51.9 Å². The Labute approximate surface area is 133 Å². The van der Waals surface area contributed by atoms with E-state index < -0.39 is 11.8 Å². The number of tetrazole rings is 2. The molecule has 3 aromatic rings. The quantitative estimate of drug-likeness (QED) is 0.467. The van der Waals surface area contributed by atoms with Gasteiger partial charge in [0, 0.05) is 11.1 Å². The zero-order valence-corrected chi connectivity index (χ0v) is 12.1. The number of nitrogens with zero attached hydrogens (tertiary/aromatic N) is 6. The van der Waals surface area contributed by atoms with Crippen molar-refractivity contribution in [2.45, 2.75) is 0 Å². The van der Waals surface area contributed by atoms with Gasteiger partial charge in [0.2, 0.25) is 11.9 Å². The van der Waals surface area contributed by atoms with Crippen molar-refractivity contribution in [3.05, 3.63) is 29.3 Å². The molecular weight excluding hydrogens is 320 g/mol. The Hall–Kier alpha value is -3.90. The van der Waals surface area contributed by atoms with E-state index in [-0.39, 0.29) is 23.0 Å². The minimum atomic E-state index is -0.525. The Kier molecular flexibility index (Phi) is 4.05. The van der Waals surface area contributed by atoms with E-state index in [4.69, 9.17) is 4.74 Å². The second-order valence-electron chi connectivity index (χ2n) is 4.36. The number of aromatic nitrogens is 8. The first kappa shape index (κ1) is 15.0. The normalized spacial score (nSPS) is 10.2. The highest BCUT2D eigenvalue weighted by atomic mass is 16.5. The summed E-state index contributed by atoms with van der Waals surface area (Å²) in [5.41, 5.74) is 0.346. The molecule has 0 spiro atoms. The summed E-state index contributed by atoms with van der Waals surface area (Å²) in [5.74, 6) is -0.590. The Balaban J connectivity index is 1.84. The average molecular weight is 330 g/mol. The van der Waals surface area contributed by atoms with Gasteiger partial charge in [-0.15, -0.1) is 0 Å². The summed E-state index contributed by atoms with van der Waals surface area (Å²) < 4.78 is 5.11. The van der Waals surface area contributed by atoms with E-state index in [9.17, 15) is 9.59 Å². The van der Waals surface area contributed by atoms with Crippen LogP contribution in [0.4, 0.5) is 11.9 Å². The van der Waals surface area contributed by atoms with Gasteiger partial charge in [0.05, 0.1) is 7.11 Å². The van der Waals surface area contributed by atoms with Crippen LogP contribution >= 0.6 is 0 Å². The molecule has 0 aliphatic carbocycles. The van der Waals surface area contributed by atoms with Crippen LogP contribution in [0.15, 0.2) is 18.2 Å². The Bertz CT molecular complexity index is 779. The average Bonchev–Trinajstić information content (AvgIpc) is 3.28. The van der Waals surface area contributed by atoms with Crippen LogP contribution in [-0.2, 0) is 0 Å². The molecule has 0 saturated carbocycles. The molecule has 13 heteroatoms. The van der Waals surface area contributed by atoms with Crippen molar-refractivity contribution in [3.8, 4) is 5.75 Å². The highest BCUT2D eigenvalue weighted by molar-refractivity contribution is 6.08. The van der Waals surface area contributed by atoms with E-state index in [1.165, 1.54) is 25.3 Å². The molecule has 0 aliphatic heterocycles. The second-order valence-corrected chi connectivity index (χ2v) is 4.36. The van der Waals surface area contributed by atoms with Gasteiger partial charge in [-0.2, -0.15) is 0 Å². The third kappa shape index (κ3) is 3.29. The largest absolute Gasteiger partial charge is 0.497 e. The van der Waals surface area contributed by atoms with E-state index in [1.807, 2.05) is 0 Å². The lowest BCUT2D eigenvalue weighted by Gasteiger charge is -2.08. The molecule has 0 radical (unpaired) electrons.